The number of fused-ring (bicyclic) bond motifs is 1. The van der Waals surface area contributed by atoms with E-state index >= 15 is 0 Å². The highest BCUT2D eigenvalue weighted by Crippen LogP contribution is 2.36. The van der Waals surface area contributed by atoms with Crippen LogP contribution in [-0.2, 0) is 6.42 Å². The molecule has 2 aliphatic heterocycles. The van der Waals surface area contributed by atoms with Gasteiger partial charge in [0.15, 0.2) is 11.5 Å². The van der Waals surface area contributed by atoms with Crippen LogP contribution in [-0.4, -0.2) is 49.5 Å². The Bertz CT molecular complexity index is 455. The fourth-order valence-corrected chi connectivity index (χ4v) is 3.36. The van der Waals surface area contributed by atoms with Crippen molar-refractivity contribution >= 4 is 0 Å². The van der Waals surface area contributed by atoms with E-state index in [9.17, 15) is 5.11 Å². The molecule has 21 heavy (non-hydrogen) atoms. The molecule has 3 rings (SSSR count). The molecule has 1 saturated heterocycles. The number of hydrogen-bond acceptors (Lipinski definition) is 4. The maximum atomic E-state index is 9.21. The fraction of sp³-hybridized carbons (Fsp3) is 0.647. The highest BCUT2D eigenvalue weighted by Gasteiger charge is 2.26. The first kappa shape index (κ1) is 14.7. The zero-order valence-corrected chi connectivity index (χ0v) is 12.8. The van der Waals surface area contributed by atoms with Gasteiger partial charge < -0.3 is 14.6 Å². The van der Waals surface area contributed by atoms with Crippen molar-refractivity contribution in [2.75, 3.05) is 33.4 Å². The van der Waals surface area contributed by atoms with Crippen LogP contribution in [0.25, 0.3) is 0 Å². The predicted molar refractivity (Wildman–Crippen MR) is 82.0 cm³/mol. The molecule has 0 aliphatic carbocycles. The fourth-order valence-electron chi connectivity index (χ4n) is 3.36. The zero-order chi connectivity index (χ0) is 14.7. The average Bonchev–Trinajstić information content (AvgIpc) is 2.55. The summed E-state index contributed by atoms with van der Waals surface area (Å²) in [6.45, 7) is 3.46. The van der Waals surface area contributed by atoms with Crippen molar-refractivity contribution in [2.45, 2.75) is 31.8 Å². The molecule has 1 atom stereocenters. The van der Waals surface area contributed by atoms with Crippen LogP contribution in [0, 0.1) is 5.92 Å². The second kappa shape index (κ2) is 6.67. The van der Waals surface area contributed by atoms with Crippen LogP contribution in [0.2, 0.25) is 0 Å². The quantitative estimate of drug-likeness (QED) is 0.922. The molecular weight excluding hydrogens is 266 g/mol. The molecule has 0 spiro atoms. The van der Waals surface area contributed by atoms with Crippen LogP contribution in [0.1, 0.15) is 24.8 Å². The van der Waals surface area contributed by atoms with E-state index in [2.05, 4.69) is 11.0 Å². The highest BCUT2D eigenvalue weighted by atomic mass is 16.5. The second-order valence-electron chi connectivity index (χ2n) is 6.15. The number of methoxy groups -OCH3 is 1. The third-order valence-electron chi connectivity index (χ3n) is 4.73. The van der Waals surface area contributed by atoms with Gasteiger partial charge in [-0.05, 0) is 56.3 Å². The van der Waals surface area contributed by atoms with Crippen molar-refractivity contribution in [3.8, 4) is 11.5 Å². The van der Waals surface area contributed by atoms with Crippen LogP contribution in [0.5, 0.6) is 11.5 Å². The molecule has 4 nitrogen and oxygen atoms in total. The van der Waals surface area contributed by atoms with Crippen molar-refractivity contribution in [2.24, 2.45) is 5.92 Å². The third-order valence-corrected chi connectivity index (χ3v) is 4.73. The van der Waals surface area contributed by atoms with Gasteiger partial charge >= 0.3 is 0 Å². The van der Waals surface area contributed by atoms with Gasteiger partial charge in [0.2, 0.25) is 0 Å². The first-order valence-electron chi connectivity index (χ1n) is 7.96. The van der Waals surface area contributed by atoms with Gasteiger partial charge in [-0.15, -0.1) is 0 Å². The van der Waals surface area contributed by atoms with E-state index < -0.39 is 0 Å². The smallest absolute Gasteiger partial charge is 0.164 e. The lowest BCUT2D eigenvalue weighted by Gasteiger charge is -2.35. The van der Waals surface area contributed by atoms with Gasteiger partial charge in [-0.2, -0.15) is 0 Å². The van der Waals surface area contributed by atoms with Gasteiger partial charge in [-0.25, -0.2) is 0 Å². The van der Waals surface area contributed by atoms with Crippen LogP contribution in [0.15, 0.2) is 18.2 Å². The Labute approximate surface area is 126 Å². The summed E-state index contributed by atoms with van der Waals surface area (Å²) in [4.78, 5) is 2.47. The summed E-state index contributed by atoms with van der Waals surface area (Å²) in [5.74, 6) is 2.27. The lowest BCUT2D eigenvalue weighted by atomic mass is 9.96. The zero-order valence-electron chi connectivity index (χ0n) is 12.8. The summed E-state index contributed by atoms with van der Waals surface area (Å²) in [5.41, 5.74) is 1.25. The van der Waals surface area contributed by atoms with Gasteiger partial charge in [-0.3, -0.25) is 4.90 Å². The minimum Gasteiger partial charge on any atom is -0.493 e. The van der Waals surface area contributed by atoms with Gasteiger partial charge in [0, 0.05) is 13.2 Å². The molecule has 116 valence electrons. The van der Waals surface area contributed by atoms with Crippen molar-refractivity contribution in [3.63, 3.8) is 0 Å². The van der Waals surface area contributed by atoms with Crippen LogP contribution < -0.4 is 9.47 Å². The highest BCUT2D eigenvalue weighted by molar-refractivity contribution is 5.47. The first-order valence-corrected chi connectivity index (χ1v) is 7.96. The molecule has 1 unspecified atom stereocenters. The van der Waals surface area contributed by atoms with E-state index in [-0.39, 0.29) is 6.10 Å². The van der Waals surface area contributed by atoms with Gasteiger partial charge in [0.05, 0.1) is 7.11 Å². The van der Waals surface area contributed by atoms with Gasteiger partial charge in [0.1, 0.15) is 6.10 Å². The number of aliphatic hydroxyl groups is 1. The number of likely N-dealkylation sites (tertiary alicyclic amines) is 1. The molecule has 4 heteroatoms. The van der Waals surface area contributed by atoms with E-state index in [1.807, 2.05) is 12.1 Å². The summed E-state index contributed by atoms with van der Waals surface area (Å²) < 4.78 is 11.6. The summed E-state index contributed by atoms with van der Waals surface area (Å²) in [6.07, 6.45) is 4.58. The number of rotatable bonds is 4. The molecule has 0 radical (unpaired) electrons. The molecule has 0 amide bonds. The summed E-state index contributed by atoms with van der Waals surface area (Å²) in [7, 11) is 1.70. The molecule has 2 aliphatic rings. The van der Waals surface area contributed by atoms with Crippen molar-refractivity contribution in [1.82, 2.24) is 4.90 Å². The number of aryl methyl sites for hydroxylation is 1. The maximum absolute atomic E-state index is 9.21. The molecular formula is C17H25NO3. The Morgan fingerprint density at radius 3 is 2.81 bits per heavy atom. The molecule has 0 bridgehead atoms. The molecule has 1 fully saturated rings. The molecule has 2 heterocycles. The van der Waals surface area contributed by atoms with Crippen molar-refractivity contribution in [1.29, 1.82) is 0 Å². The summed E-state index contributed by atoms with van der Waals surface area (Å²) in [5, 5.41) is 9.21. The first-order chi connectivity index (χ1) is 10.3. The Balaban J connectivity index is 1.59. The van der Waals surface area contributed by atoms with E-state index in [1.54, 1.807) is 7.11 Å². The number of hydrogen-bond donors (Lipinski definition) is 1. The monoisotopic (exact) mass is 291 g/mol. The normalized spacial score (nSPS) is 23.4. The second-order valence-corrected chi connectivity index (χ2v) is 6.15. The van der Waals surface area contributed by atoms with Crippen LogP contribution >= 0.6 is 0 Å². The largest absolute Gasteiger partial charge is 0.493 e. The molecule has 1 aromatic carbocycles. The Morgan fingerprint density at radius 2 is 2.10 bits per heavy atom. The van der Waals surface area contributed by atoms with Crippen molar-refractivity contribution < 1.29 is 14.6 Å². The van der Waals surface area contributed by atoms with E-state index in [4.69, 9.17) is 9.47 Å². The lowest BCUT2D eigenvalue weighted by Crippen LogP contribution is -2.42. The number of piperidine rings is 1. The van der Waals surface area contributed by atoms with E-state index in [0.29, 0.717) is 12.5 Å². The molecule has 0 saturated carbocycles. The third kappa shape index (κ3) is 3.33. The number of para-hydroxylation sites is 1. The molecule has 1 aromatic rings. The van der Waals surface area contributed by atoms with Gasteiger partial charge in [-0.1, -0.05) is 12.1 Å². The summed E-state index contributed by atoms with van der Waals surface area (Å²) >= 11 is 0. The lowest BCUT2D eigenvalue weighted by molar-refractivity contribution is 0.0765. The Morgan fingerprint density at radius 1 is 1.29 bits per heavy atom. The Hall–Kier alpha value is -1.26. The van der Waals surface area contributed by atoms with E-state index in [0.717, 1.165) is 56.8 Å². The van der Waals surface area contributed by atoms with Crippen LogP contribution in [0.3, 0.4) is 0 Å². The van der Waals surface area contributed by atoms with Crippen molar-refractivity contribution in [3.05, 3.63) is 23.8 Å². The molecule has 0 aromatic heterocycles. The summed E-state index contributed by atoms with van der Waals surface area (Å²) in [6, 6.07) is 6.12. The number of nitrogens with zero attached hydrogens (tertiary/aromatic N) is 1. The molecule has 1 N–H and O–H groups in total. The standard InChI is InChI=1S/C17H25NO3/c1-20-16-4-2-3-14-5-6-15(21-17(14)16)11-18-9-7-13(12-19)8-10-18/h2-4,13,15,19H,5-12H2,1H3. The topological polar surface area (TPSA) is 41.9 Å². The number of aliphatic hydroxyl groups excluding tert-OH is 1. The van der Waals surface area contributed by atoms with E-state index in [1.165, 1.54) is 5.56 Å². The Kier molecular flexibility index (Phi) is 4.66. The minimum absolute atomic E-state index is 0.250. The number of benzene rings is 1. The van der Waals surface area contributed by atoms with Crippen LogP contribution in [0.4, 0.5) is 0 Å². The average molecular weight is 291 g/mol. The minimum atomic E-state index is 0.250. The predicted octanol–water partition coefficient (Wildman–Crippen LogP) is 2.09. The number of ether oxygens (including phenoxy) is 2. The maximum Gasteiger partial charge on any atom is 0.164 e. The van der Waals surface area contributed by atoms with Gasteiger partial charge in [0.25, 0.3) is 0 Å². The SMILES string of the molecule is COc1cccc2c1OC(CN1CCC(CO)CC1)CC2.